The highest BCUT2D eigenvalue weighted by Gasteiger charge is 2.22. The van der Waals surface area contributed by atoms with Gasteiger partial charge in [-0.05, 0) is 36.8 Å². The lowest BCUT2D eigenvalue weighted by Crippen LogP contribution is -2.28. The monoisotopic (exact) mass is 484 g/mol. The van der Waals surface area contributed by atoms with Crippen LogP contribution in [0.3, 0.4) is 0 Å². The van der Waals surface area contributed by atoms with Crippen LogP contribution in [0.15, 0.2) is 53.6 Å². The Morgan fingerprint density at radius 1 is 1.09 bits per heavy atom. The maximum absolute atomic E-state index is 13.9. The Morgan fingerprint density at radius 3 is 2.50 bits per heavy atom. The second-order valence-corrected chi connectivity index (χ2v) is 8.21. The van der Waals surface area contributed by atoms with Gasteiger partial charge < -0.3 is 15.4 Å². The summed E-state index contributed by atoms with van der Waals surface area (Å²) in [5.74, 6) is -2.63. The number of amides is 2. The molecule has 0 spiro atoms. The summed E-state index contributed by atoms with van der Waals surface area (Å²) in [6.45, 7) is 1.21. The van der Waals surface area contributed by atoms with Gasteiger partial charge in [-0.1, -0.05) is 18.2 Å². The number of fused-ring (bicyclic) bond motifs is 1. The molecule has 2 N–H and O–H groups in total. The molecule has 0 atom stereocenters. The summed E-state index contributed by atoms with van der Waals surface area (Å²) in [5, 5.41) is 5.04. The lowest BCUT2D eigenvalue weighted by atomic mass is 10.2. The van der Waals surface area contributed by atoms with Gasteiger partial charge in [-0.25, -0.2) is 13.8 Å². The van der Waals surface area contributed by atoms with Crippen LogP contribution in [-0.2, 0) is 11.3 Å². The van der Waals surface area contributed by atoms with E-state index < -0.39 is 34.7 Å². The molecular formula is C23H18F2N4O4S. The molecule has 0 bridgehead atoms. The van der Waals surface area contributed by atoms with Crippen molar-refractivity contribution in [3.05, 3.63) is 81.2 Å². The van der Waals surface area contributed by atoms with Crippen LogP contribution in [0.25, 0.3) is 10.2 Å². The molecule has 0 aliphatic carbocycles. The van der Waals surface area contributed by atoms with E-state index in [2.05, 4.69) is 15.6 Å². The molecule has 0 radical (unpaired) electrons. The van der Waals surface area contributed by atoms with Crippen LogP contribution in [0.4, 0.5) is 20.2 Å². The van der Waals surface area contributed by atoms with Gasteiger partial charge in [0.2, 0.25) is 5.91 Å². The number of anilines is 2. The molecular weight excluding hydrogens is 466 g/mol. The number of rotatable bonds is 6. The number of methoxy groups -OCH3 is 1. The summed E-state index contributed by atoms with van der Waals surface area (Å²) >= 11 is 0.914. The van der Waals surface area contributed by atoms with Crippen molar-refractivity contribution in [2.24, 2.45) is 0 Å². The van der Waals surface area contributed by atoms with E-state index in [-0.39, 0.29) is 21.6 Å². The van der Waals surface area contributed by atoms with Gasteiger partial charge in [0.1, 0.15) is 34.4 Å². The number of aromatic nitrogens is 2. The molecule has 0 saturated heterocycles. The van der Waals surface area contributed by atoms with Gasteiger partial charge in [-0.2, -0.15) is 0 Å². The zero-order chi connectivity index (χ0) is 24.4. The minimum Gasteiger partial charge on any atom is -0.495 e. The first-order chi connectivity index (χ1) is 16.3. The number of halogens is 2. The average Bonchev–Trinajstić information content (AvgIpc) is 3.15. The number of thiophene rings is 1. The zero-order valence-corrected chi connectivity index (χ0v) is 18.8. The van der Waals surface area contributed by atoms with E-state index in [9.17, 15) is 23.2 Å². The number of para-hydroxylation sites is 3. The molecule has 2 heterocycles. The highest BCUT2D eigenvalue weighted by Crippen LogP contribution is 2.29. The second kappa shape index (κ2) is 9.40. The molecule has 11 heteroatoms. The number of carbonyl (C=O) groups excluding carboxylic acids is 2. The molecule has 2 aromatic heterocycles. The molecule has 0 saturated carbocycles. The number of ether oxygens (including phenoxy) is 1. The second-order valence-electron chi connectivity index (χ2n) is 7.21. The maximum atomic E-state index is 13.9. The Labute approximate surface area is 195 Å². The van der Waals surface area contributed by atoms with Crippen LogP contribution in [0, 0.1) is 18.6 Å². The Balaban J connectivity index is 1.60. The van der Waals surface area contributed by atoms with E-state index in [1.54, 1.807) is 24.3 Å². The Bertz CT molecular complexity index is 1460. The summed E-state index contributed by atoms with van der Waals surface area (Å²) in [6.07, 6.45) is 1.21. The summed E-state index contributed by atoms with van der Waals surface area (Å²) < 4.78 is 34.1. The third-order valence-corrected chi connectivity index (χ3v) is 6.22. The van der Waals surface area contributed by atoms with Crippen molar-refractivity contribution in [2.45, 2.75) is 13.5 Å². The summed E-state index contributed by atoms with van der Waals surface area (Å²) in [5.41, 5.74) is -0.359. The van der Waals surface area contributed by atoms with Crippen molar-refractivity contribution in [3.8, 4) is 5.75 Å². The zero-order valence-electron chi connectivity index (χ0n) is 18.0. The van der Waals surface area contributed by atoms with Crippen molar-refractivity contribution in [1.82, 2.24) is 9.55 Å². The normalized spacial score (nSPS) is 10.8. The lowest BCUT2D eigenvalue weighted by Gasteiger charge is -2.10. The van der Waals surface area contributed by atoms with E-state index in [0.717, 1.165) is 28.0 Å². The fourth-order valence-corrected chi connectivity index (χ4v) is 4.40. The fraction of sp³-hybridized carbons (Fsp3) is 0.130. The van der Waals surface area contributed by atoms with Crippen molar-refractivity contribution < 1.29 is 23.1 Å². The van der Waals surface area contributed by atoms with E-state index in [1.807, 2.05) is 0 Å². The molecule has 4 rings (SSSR count). The maximum Gasteiger partial charge on any atom is 0.266 e. The van der Waals surface area contributed by atoms with Crippen molar-refractivity contribution in [3.63, 3.8) is 0 Å². The quantitative estimate of drug-likeness (QED) is 0.432. The predicted octanol–water partition coefficient (Wildman–Crippen LogP) is 3.94. The van der Waals surface area contributed by atoms with Crippen LogP contribution in [0.1, 0.15) is 15.2 Å². The Hall–Kier alpha value is -4.12. The molecule has 0 aliphatic rings. The average molecular weight is 484 g/mol. The van der Waals surface area contributed by atoms with E-state index in [1.165, 1.54) is 26.4 Å². The minimum atomic E-state index is -0.923. The fourth-order valence-electron chi connectivity index (χ4n) is 3.37. The highest BCUT2D eigenvalue weighted by atomic mass is 32.1. The standard InChI is InChI=1S/C23H18F2N4O4S/c1-12-18-22(34-20(12)21(31)28-19-13(24)6-5-7-14(19)25)26-11-29(23(18)32)10-17(30)27-15-8-3-4-9-16(15)33-2/h3-9,11H,10H2,1-2H3,(H,27,30)(H,28,31). The number of benzene rings is 2. The number of hydrogen-bond acceptors (Lipinski definition) is 6. The van der Waals surface area contributed by atoms with Gasteiger partial charge in [0.25, 0.3) is 11.5 Å². The molecule has 0 unspecified atom stereocenters. The van der Waals surface area contributed by atoms with Gasteiger partial charge in [0.05, 0.1) is 29.4 Å². The molecule has 2 aromatic carbocycles. The van der Waals surface area contributed by atoms with E-state index in [0.29, 0.717) is 17.0 Å². The van der Waals surface area contributed by atoms with Gasteiger partial charge in [-0.3, -0.25) is 19.0 Å². The van der Waals surface area contributed by atoms with Crippen LogP contribution >= 0.6 is 11.3 Å². The molecule has 174 valence electrons. The molecule has 4 aromatic rings. The smallest absolute Gasteiger partial charge is 0.266 e. The SMILES string of the molecule is COc1ccccc1NC(=O)Cn1cnc2sc(C(=O)Nc3c(F)cccc3F)c(C)c2c1=O. The molecule has 8 nitrogen and oxygen atoms in total. The molecule has 0 fully saturated rings. The Morgan fingerprint density at radius 2 is 1.79 bits per heavy atom. The molecule has 2 amide bonds. The van der Waals surface area contributed by atoms with Gasteiger partial charge >= 0.3 is 0 Å². The Kier molecular flexibility index (Phi) is 6.37. The summed E-state index contributed by atoms with van der Waals surface area (Å²) in [6, 6.07) is 10.1. The number of nitrogens with zero attached hydrogens (tertiary/aromatic N) is 2. The van der Waals surface area contributed by atoms with Crippen LogP contribution in [0.2, 0.25) is 0 Å². The topological polar surface area (TPSA) is 102 Å². The third-order valence-electron chi connectivity index (χ3n) is 5.02. The number of aryl methyl sites for hydroxylation is 1. The summed E-state index contributed by atoms with van der Waals surface area (Å²) in [4.78, 5) is 42.8. The van der Waals surface area contributed by atoms with Crippen LogP contribution in [-0.4, -0.2) is 28.5 Å². The molecule has 34 heavy (non-hydrogen) atoms. The lowest BCUT2D eigenvalue weighted by molar-refractivity contribution is -0.116. The van der Waals surface area contributed by atoms with Crippen molar-refractivity contribution >= 4 is 44.7 Å². The number of hydrogen-bond donors (Lipinski definition) is 2. The third kappa shape index (κ3) is 4.37. The van der Waals surface area contributed by atoms with Gasteiger partial charge in [0, 0.05) is 0 Å². The van der Waals surface area contributed by atoms with Gasteiger partial charge in [0.15, 0.2) is 0 Å². The van der Waals surface area contributed by atoms with Gasteiger partial charge in [-0.15, -0.1) is 11.3 Å². The van der Waals surface area contributed by atoms with E-state index in [4.69, 9.17) is 4.74 Å². The number of nitrogens with one attached hydrogen (secondary N) is 2. The van der Waals surface area contributed by atoms with E-state index >= 15 is 0 Å². The first-order valence-corrected chi connectivity index (χ1v) is 10.8. The van der Waals surface area contributed by atoms with Crippen LogP contribution in [0.5, 0.6) is 5.75 Å². The van der Waals surface area contributed by atoms with Crippen molar-refractivity contribution in [1.29, 1.82) is 0 Å². The first-order valence-electron chi connectivity index (χ1n) is 9.97. The number of carbonyl (C=O) groups is 2. The minimum absolute atomic E-state index is 0.0819. The summed E-state index contributed by atoms with van der Waals surface area (Å²) in [7, 11) is 1.47. The highest BCUT2D eigenvalue weighted by molar-refractivity contribution is 7.20. The molecule has 0 aliphatic heterocycles. The first kappa shape index (κ1) is 23.1. The predicted molar refractivity (Wildman–Crippen MR) is 125 cm³/mol. The van der Waals surface area contributed by atoms with Crippen LogP contribution < -0.4 is 20.9 Å². The van der Waals surface area contributed by atoms with Crippen molar-refractivity contribution in [2.75, 3.05) is 17.7 Å². The largest absolute Gasteiger partial charge is 0.495 e.